The average Bonchev–Trinajstić information content (AvgIpc) is 3.11. The molecular weight excluding hydrogens is 316 g/mol. The number of aryl methyl sites for hydroxylation is 1. The molecule has 0 unspecified atom stereocenters. The van der Waals surface area contributed by atoms with Gasteiger partial charge in [-0.1, -0.05) is 13.0 Å². The van der Waals surface area contributed by atoms with Crippen LogP contribution in [0.2, 0.25) is 0 Å². The first-order chi connectivity index (χ1) is 12.2. The van der Waals surface area contributed by atoms with Crippen molar-refractivity contribution >= 4 is 23.0 Å². The number of benzene rings is 1. The van der Waals surface area contributed by atoms with Crippen LogP contribution >= 0.6 is 0 Å². The van der Waals surface area contributed by atoms with Gasteiger partial charge in [0.1, 0.15) is 12.1 Å². The molecule has 0 spiro atoms. The van der Waals surface area contributed by atoms with Gasteiger partial charge in [0.25, 0.3) is 5.78 Å². The molecule has 25 heavy (non-hydrogen) atoms. The number of fused-ring (bicyclic) bond motifs is 1. The number of aliphatic hydroxyl groups is 1. The van der Waals surface area contributed by atoms with Gasteiger partial charge in [-0.25, -0.2) is 4.98 Å². The molecule has 1 aromatic carbocycles. The van der Waals surface area contributed by atoms with Crippen LogP contribution in [0, 0.1) is 0 Å². The van der Waals surface area contributed by atoms with Crippen LogP contribution in [-0.2, 0) is 6.42 Å². The lowest BCUT2D eigenvalue weighted by Gasteiger charge is -2.31. The Kier molecular flexibility index (Phi) is 4.23. The summed E-state index contributed by atoms with van der Waals surface area (Å²) >= 11 is 0. The molecule has 2 N–H and O–H groups in total. The number of aliphatic hydroxyl groups excluding tert-OH is 1. The van der Waals surface area contributed by atoms with Crippen LogP contribution in [0.1, 0.15) is 25.5 Å². The first-order valence-corrected chi connectivity index (χ1v) is 8.72. The van der Waals surface area contributed by atoms with Gasteiger partial charge in [-0.2, -0.15) is 14.6 Å². The maximum Gasteiger partial charge on any atom is 0.254 e. The number of aromatic nitrogens is 4. The highest BCUT2D eigenvalue weighted by molar-refractivity contribution is 5.64. The van der Waals surface area contributed by atoms with Crippen molar-refractivity contribution in [3.05, 3.63) is 42.4 Å². The summed E-state index contributed by atoms with van der Waals surface area (Å²) in [5.74, 6) is 1.45. The highest BCUT2D eigenvalue weighted by atomic mass is 16.3. The van der Waals surface area contributed by atoms with E-state index in [1.54, 1.807) is 4.52 Å². The third-order valence-electron chi connectivity index (χ3n) is 4.62. The molecule has 1 aliphatic rings. The maximum absolute atomic E-state index is 9.69. The van der Waals surface area contributed by atoms with Crippen LogP contribution in [-0.4, -0.2) is 43.9 Å². The Morgan fingerprint density at radius 3 is 2.88 bits per heavy atom. The van der Waals surface area contributed by atoms with E-state index in [1.165, 1.54) is 6.33 Å². The van der Waals surface area contributed by atoms with E-state index in [9.17, 15) is 5.11 Å². The number of anilines is 3. The van der Waals surface area contributed by atoms with E-state index >= 15 is 0 Å². The minimum absolute atomic E-state index is 0.164. The highest BCUT2D eigenvalue weighted by Gasteiger charge is 2.17. The quantitative estimate of drug-likeness (QED) is 0.760. The fourth-order valence-corrected chi connectivity index (χ4v) is 3.18. The molecule has 0 aliphatic carbocycles. The van der Waals surface area contributed by atoms with E-state index < -0.39 is 0 Å². The molecule has 0 amide bonds. The second kappa shape index (κ2) is 6.68. The summed E-state index contributed by atoms with van der Waals surface area (Å²) in [4.78, 5) is 11.0. The minimum atomic E-state index is -0.164. The second-order valence-electron chi connectivity index (χ2n) is 6.35. The van der Waals surface area contributed by atoms with Crippen molar-refractivity contribution in [1.82, 2.24) is 19.6 Å². The first kappa shape index (κ1) is 15.8. The Bertz CT molecular complexity index is 869. The number of piperidine rings is 1. The fraction of sp³-hybridized carbons (Fsp3) is 0.389. The van der Waals surface area contributed by atoms with Gasteiger partial charge in [0, 0.05) is 36.2 Å². The lowest BCUT2D eigenvalue weighted by atomic mass is 10.1. The molecule has 0 saturated carbocycles. The van der Waals surface area contributed by atoms with Gasteiger partial charge in [0.2, 0.25) is 0 Å². The van der Waals surface area contributed by atoms with Crippen LogP contribution in [0.25, 0.3) is 5.78 Å². The second-order valence-corrected chi connectivity index (χ2v) is 6.35. The summed E-state index contributed by atoms with van der Waals surface area (Å²) in [5, 5.41) is 17.4. The zero-order valence-corrected chi connectivity index (χ0v) is 14.3. The van der Waals surface area contributed by atoms with Crippen LogP contribution in [0.15, 0.2) is 36.7 Å². The zero-order valence-electron chi connectivity index (χ0n) is 14.3. The summed E-state index contributed by atoms with van der Waals surface area (Å²) in [6, 6.07) is 10.3. The van der Waals surface area contributed by atoms with Gasteiger partial charge in [-0.05, 0) is 37.5 Å². The van der Waals surface area contributed by atoms with Crippen LogP contribution < -0.4 is 10.2 Å². The molecule has 2 aromatic heterocycles. The number of rotatable bonds is 4. The molecule has 1 aliphatic heterocycles. The van der Waals surface area contributed by atoms with Gasteiger partial charge in [0.15, 0.2) is 0 Å². The van der Waals surface area contributed by atoms with Crippen molar-refractivity contribution in [1.29, 1.82) is 0 Å². The summed E-state index contributed by atoms with van der Waals surface area (Å²) in [6.07, 6.45) is 3.84. The summed E-state index contributed by atoms with van der Waals surface area (Å²) in [6.45, 7) is 3.84. The van der Waals surface area contributed by atoms with E-state index in [0.717, 1.165) is 55.2 Å². The van der Waals surface area contributed by atoms with Crippen molar-refractivity contribution in [3.63, 3.8) is 0 Å². The number of hydrogen-bond acceptors (Lipinski definition) is 6. The predicted molar refractivity (Wildman–Crippen MR) is 97.3 cm³/mol. The van der Waals surface area contributed by atoms with Gasteiger partial charge < -0.3 is 15.3 Å². The highest BCUT2D eigenvalue weighted by Crippen LogP contribution is 2.25. The zero-order chi connectivity index (χ0) is 17.2. The largest absolute Gasteiger partial charge is 0.393 e. The molecule has 1 saturated heterocycles. The van der Waals surface area contributed by atoms with Gasteiger partial charge >= 0.3 is 0 Å². The molecule has 0 atom stereocenters. The number of hydrogen-bond donors (Lipinski definition) is 2. The molecular formula is C18H22N6O. The Morgan fingerprint density at radius 2 is 2.08 bits per heavy atom. The fourth-order valence-electron chi connectivity index (χ4n) is 3.18. The molecule has 7 heteroatoms. The molecule has 0 radical (unpaired) electrons. The molecule has 3 heterocycles. The lowest BCUT2D eigenvalue weighted by Crippen LogP contribution is -2.35. The van der Waals surface area contributed by atoms with Crippen molar-refractivity contribution in [2.45, 2.75) is 32.3 Å². The predicted octanol–water partition coefficient (Wildman–Crippen LogP) is 2.39. The smallest absolute Gasteiger partial charge is 0.254 e. The Morgan fingerprint density at radius 1 is 1.24 bits per heavy atom. The van der Waals surface area contributed by atoms with E-state index in [1.807, 2.05) is 18.2 Å². The minimum Gasteiger partial charge on any atom is -0.393 e. The monoisotopic (exact) mass is 338 g/mol. The van der Waals surface area contributed by atoms with Crippen LogP contribution in [0.3, 0.4) is 0 Å². The van der Waals surface area contributed by atoms with Gasteiger partial charge in [-0.15, -0.1) is 0 Å². The summed E-state index contributed by atoms with van der Waals surface area (Å²) in [7, 11) is 0. The number of nitrogens with zero attached hydrogens (tertiary/aromatic N) is 5. The summed E-state index contributed by atoms with van der Waals surface area (Å²) < 4.78 is 1.71. The van der Waals surface area contributed by atoms with Gasteiger partial charge in [0.05, 0.1) is 6.10 Å². The molecule has 0 bridgehead atoms. The van der Waals surface area contributed by atoms with E-state index in [4.69, 9.17) is 0 Å². The van der Waals surface area contributed by atoms with E-state index in [0.29, 0.717) is 5.78 Å². The van der Waals surface area contributed by atoms with E-state index in [-0.39, 0.29) is 6.10 Å². The van der Waals surface area contributed by atoms with Crippen molar-refractivity contribution in [2.75, 3.05) is 23.3 Å². The standard InChI is InChI=1S/C18H22N6O/c1-2-13-11-17(24-18(22-13)19-12-20-24)21-14-4-3-5-15(10-14)23-8-6-16(25)7-9-23/h3-5,10-12,16,21,25H,2,6-9H2,1H3. The normalized spacial score (nSPS) is 15.7. The van der Waals surface area contributed by atoms with Crippen LogP contribution in [0.5, 0.6) is 0 Å². The first-order valence-electron chi connectivity index (χ1n) is 8.72. The topological polar surface area (TPSA) is 78.6 Å². The third-order valence-corrected chi connectivity index (χ3v) is 4.62. The van der Waals surface area contributed by atoms with Gasteiger partial charge in [-0.3, -0.25) is 0 Å². The Hall–Kier alpha value is -2.67. The van der Waals surface area contributed by atoms with E-state index in [2.05, 4.69) is 44.3 Å². The molecule has 3 aromatic rings. The summed E-state index contributed by atoms with van der Waals surface area (Å²) in [5.41, 5.74) is 3.13. The number of nitrogens with one attached hydrogen (secondary N) is 1. The van der Waals surface area contributed by atoms with Crippen molar-refractivity contribution in [2.24, 2.45) is 0 Å². The molecule has 4 rings (SSSR count). The molecule has 1 fully saturated rings. The SMILES string of the molecule is CCc1cc(Nc2cccc(N3CCC(O)CC3)c2)n2ncnc2n1. The Balaban J connectivity index is 1.61. The average molecular weight is 338 g/mol. The lowest BCUT2D eigenvalue weighted by molar-refractivity contribution is 0.145. The molecule has 7 nitrogen and oxygen atoms in total. The molecule has 130 valence electrons. The van der Waals surface area contributed by atoms with Crippen LogP contribution in [0.4, 0.5) is 17.2 Å². The Labute approximate surface area is 146 Å². The van der Waals surface area contributed by atoms with Crippen molar-refractivity contribution < 1.29 is 5.11 Å². The maximum atomic E-state index is 9.69. The van der Waals surface area contributed by atoms with Crippen molar-refractivity contribution in [3.8, 4) is 0 Å². The third kappa shape index (κ3) is 3.28.